The molecule has 0 bridgehead atoms. The molecule has 0 radical (unpaired) electrons. The molecule has 2 fully saturated rings. The van der Waals surface area contributed by atoms with Gasteiger partial charge >= 0.3 is 0 Å². The first kappa shape index (κ1) is 54.6. The van der Waals surface area contributed by atoms with Crippen molar-refractivity contribution < 1.29 is 64.6 Å². The van der Waals surface area contributed by atoms with Crippen molar-refractivity contribution in [2.45, 2.75) is 197 Å². The van der Waals surface area contributed by atoms with Crippen molar-refractivity contribution in [3.8, 4) is 0 Å². The van der Waals surface area contributed by atoms with E-state index in [1.54, 1.807) is 6.08 Å². The second-order valence-corrected chi connectivity index (χ2v) is 15.8. The molecule has 2 saturated heterocycles. The van der Waals surface area contributed by atoms with Gasteiger partial charge in [-0.2, -0.15) is 0 Å². The van der Waals surface area contributed by atoms with Gasteiger partial charge in [-0.3, -0.25) is 4.79 Å². The molecule has 1 amide bonds. The largest absolute Gasteiger partial charge is 0.394 e. The smallest absolute Gasteiger partial charge is 0.220 e. The van der Waals surface area contributed by atoms with Crippen LogP contribution < -0.4 is 5.32 Å². The SMILES string of the molecule is CC/C=C\C/C=C\C/C=C\C/C=C\CCCCCCC(=O)NC(COC1OC(CO)C(OC2OC(CO)C(O)C(O)C2O)C(O)C1O)C(O)/C=C/CC/C=C/CCCCCC. The third kappa shape index (κ3) is 22.1. The Labute approximate surface area is 364 Å². The molecule has 350 valence electrons. The Morgan fingerprint density at radius 1 is 0.607 bits per heavy atom. The van der Waals surface area contributed by atoms with E-state index < -0.39 is 86.8 Å². The van der Waals surface area contributed by atoms with Crippen LogP contribution in [-0.4, -0.2) is 140 Å². The lowest BCUT2D eigenvalue weighted by molar-refractivity contribution is -0.359. The van der Waals surface area contributed by atoms with E-state index in [-0.39, 0.29) is 18.9 Å². The summed E-state index contributed by atoms with van der Waals surface area (Å²) in [5, 5.41) is 86.3. The van der Waals surface area contributed by atoms with Crippen LogP contribution in [0.5, 0.6) is 0 Å². The van der Waals surface area contributed by atoms with E-state index in [1.807, 2.05) is 6.08 Å². The number of carbonyl (C=O) groups excluding carboxylic acids is 1. The second kappa shape index (κ2) is 33.9. The zero-order valence-electron chi connectivity index (χ0n) is 36.6. The summed E-state index contributed by atoms with van der Waals surface area (Å²) in [7, 11) is 0. The molecule has 0 spiro atoms. The van der Waals surface area contributed by atoms with Crippen LogP contribution in [0.3, 0.4) is 0 Å². The van der Waals surface area contributed by atoms with Crippen molar-refractivity contribution in [3.05, 3.63) is 72.9 Å². The first-order valence-corrected chi connectivity index (χ1v) is 22.7. The highest BCUT2D eigenvalue weighted by Gasteiger charge is 2.50. The van der Waals surface area contributed by atoms with Crippen molar-refractivity contribution >= 4 is 5.91 Å². The fourth-order valence-corrected chi connectivity index (χ4v) is 6.88. The topological polar surface area (TPSA) is 228 Å². The van der Waals surface area contributed by atoms with E-state index in [0.717, 1.165) is 70.6 Å². The van der Waals surface area contributed by atoms with Crippen molar-refractivity contribution in [2.24, 2.45) is 0 Å². The molecule has 12 unspecified atom stereocenters. The molecule has 2 aliphatic rings. The minimum absolute atomic E-state index is 0.241. The zero-order valence-corrected chi connectivity index (χ0v) is 36.6. The minimum atomic E-state index is -1.79. The van der Waals surface area contributed by atoms with Gasteiger partial charge in [0.05, 0.1) is 32.0 Å². The number of unbranched alkanes of at least 4 members (excludes halogenated alkanes) is 9. The lowest BCUT2D eigenvalue weighted by Gasteiger charge is -2.46. The van der Waals surface area contributed by atoms with Crippen LogP contribution in [0.4, 0.5) is 0 Å². The molecule has 9 N–H and O–H groups in total. The summed E-state index contributed by atoms with van der Waals surface area (Å²) in [6.45, 7) is 2.55. The Kier molecular flexibility index (Phi) is 30.3. The Balaban J connectivity index is 1.91. The van der Waals surface area contributed by atoms with Crippen LogP contribution in [0.25, 0.3) is 0 Å². The Morgan fingerprint density at radius 2 is 1.15 bits per heavy atom. The molecule has 0 saturated carbocycles. The summed E-state index contributed by atoms with van der Waals surface area (Å²) in [6.07, 6.45) is 23.9. The van der Waals surface area contributed by atoms with Crippen molar-refractivity contribution in [3.63, 3.8) is 0 Å². The van der Waals surface area contributed by atoms with Crippen LogP contribution in [0.15, 0.2) is 72.9 Å². The molecule has 0 aromatic heterocycles. The van der Waals surface area contributed by atoms with Gasteiger partial charge in [-0.15, -0.1) is 0 Å². The maximum Gasteiger partial charge on any atom is 0.220 e. The highest BCUT2D eigenvalue weighted by molar-refractivity contribution is 5.76. The fraction of sp³-hybridized carbons (Fsp3) is 0.723. The molecule has 12 atom stereocenters. The standard InChI is InChI=1S/C47H79NO13/c1-3-5-7-9-11-13-15-16-17-18-19-20-21-23-25-27-29-31-39(52)48-35(36(51)30-28-26-24-22-14-12-10-8-6-4-2)34-58-46-44(57)42(55)45(38(33-50)60-46)61-47-43(56)41(54)40(53)37(32-49)59-47/h5,7,11,13-14,16-17,19-20,22,28,30,35-38,40-47,49-51,53-57H,3-4,6,8-10,12,15,18,21,23-27,29,31-34H2,1-2H3,(H,48,52)/b7-5-,13-11-,17-16-,20-19-,22-14+,30-28+. The van der Waals surface area contributed by atoms with Gasteiger partial charge in [0, 0.05) is 6.42 Å². The summed E-state index contributed by atoms with van der Waals surface area (Å²) in [4.78, 5) is 13.1. The molecule has 61 heavy (non-hydrogen) atoms. The normalized spacial score (nSPS) is 28.7. The number of hydrogen-bond acceptors (Lipinski definition) is 13. The van der Waals surface area contributed by atoms with Gasteiger partial charge < -0.3 is 65.1 Å². The van der Waals surface area contributed by atoms with Gasteiger partial charge in [0.15, 0.2) is 12.6 Å². The average molecular weight is 866 g/mol. The van der Waals surface area contributed by atoms with Crippen LogP contribution in [0, 0.1) is 0 Å². The quantitative estimate of drug-likeness (QED) is 0.0336. The lowest BCUT2D eigenvalue weighted by Crippen LogP contribution is -2.65. The molecule has 14 nitrogen and oxygen atoms in total. The Morgan fingerprint density at radius 3 is 1.79 bits per heavy atom. The molecule has 0 aromatic carbocycles. The van der Waals surface area contributed by atoms with Crippen LogP contribution in [0.2, 0.25) is 0 Å². The van der Waals surface area contributed by atoms with E-state index >= 15 is 0 Å². The number of aliphatic hydroxyl groups is 8. The van der Waals surface area contributed by atoms with Crippen molar-refractivity contribution in [1.82, 2.24) is 5.32 Å². The molecule has 2 aliphatic heterocycles. The maximum atomic E-state index is 13.1. The summed E-state index contributed by atoms with van der Waals surface area (Å²) in [5.41, 5.74) is 0. The zero-order chi connectivity index (χ0) is 44.7. The summed E-state index contributed by atoms with van der Waals surface area (Å²) in [6, 6.07) is -0.945. The van der Waals surface area contributed by atoms with Gasteiger partial charge in [0.25, 0.3) is 0 Å². The van der Waals surface area contributed by atoms with Gasteiger partial charge in [0.1, 0.15) is 48.8 Å². The van der Waals surface area contributed by atoms with Crippen molar-refractivity contribution in [1.29, 1.82) is 0 Å². The summed E-state index contributed by atoms with van der Waals surface area (Å²) < 4.78 is 22.6. The van der Waals surface area contributed by atoms with Gasteiger partial charge in [-0.1, -0.05) is 119 Å². The Hall–Kier alpha value is -2.57. The van der Waals surface area contributed by atoms with E-state index in [1.165, 1.54) is 19.3 Å². The first-order valence-electron chi connectivity index (χ1n) is 22.7. The molecule has 0 aliphatic carbocycles. The third-order valence-electron chi connectivity index (χ3n) is 10.6. The van der Waals surface area contributed by atoms with Gasteiger partial charge in [-0.05, 0) is 70.6 Å². The maximum absolute atomic E-state index is 13.1. The van der Waals surface area contributed by atoms with Gasteiger partial charge in [0.2, 0.25) is 5.91 Å². The number of allylic oxidation sites excluding steroid dienone is 11. The number of nitrogens with one attached hydrogen (secondary N) is 1. The Bertz CT molecular complexity index is 1300. The number of hydrogen-bond donors (Lipinski definition) is 9. The predicted molar refractivity (Wildman–Crippen MR) is 235 cm³/mol. The number of amides is 1. The van der Waals surface area contributed by atoms with E-state index in [9.17, 15) is 45.6 Å². The highest BCUT2D eigenvalue weighted by Crippen LogP contribution is 2.29. The molecule has 2 heterocycles. The molecule has 0 aromatic rings. The average Bonchev–Trinajstić information content (AvgIpc) is 3.26. The van der Waals surface area contributed by atoms with E-state index in [2.05, 4.69) is 79.9 Å². The first-order chi connectivity index (χ1) is 29.6. The fourth-order valence-electron chi connectivity index (χ4n) is 6.88. The molecule has 2 rings (SSSR count). The molecular formula is C47H79NO13. The minimum Gasteiger partial charge on any atom is -0.394 e. The molecule has 14 heteroatoms. The molecular weight excluding hydrogens is 787 g/mol. The number of ether oxygens (including phenoxy) is 4. The van der Waals surface area contributed by atoms with E-state index in [0.29, 0.717) is 12.8 Å². The van der Waals surface area contributed by atoms with Gasteiger partial charge in [-0.25, -0.2) is 0 Å². The summed E-state index contributed by atoms with van der Waals surface area (Å²) >= 11 is 0. The highest BCUT2D eigenvalue weighted by atomic mass is 16.7. The van der Waals surface area contributed by atoms with Crippen LogP contribution in [0.1, 0.15) is 123 Å². The van der Waals surface area contributed by atoms with Crippen molar-refractivity contribution in [2.75, 3.05) is 19.8 Å². The summed E-state index contributed by atoms with van der Waals surface area (Å²) in [5.74, 6) is -0.280. The van der Waals surface area contributed by atoms with E-state index in [4.69, 9.17) is 18.9 Å². The van der Waals surface area contributed by atoms with Crippen LogP contribution in [-0.2, 0) is 23.7 Å². The third-order valence-corrected chi connectivity index (χ3v) is 10.6. The monoisotopic (exact) mass is 866 g/mol. The number of carbonyl (C=O) groups is 1. The lowest BCUT2D eigenvalue weighted by atomic mass is 9.97. The number of aliphatic hydroxyl groups excluding tert-OH is 8. The van der Waals surface area contributed by atoms with Crippen LogP contribution >= 0.6 is 0 Å². The second-order valence-electron chi connectivity index (χ2n) is 15.8. The number of rotatable bonds is 32. The predicted octanol–water partition coefficient (Wildman–Crippen LogP) is 4.48.